The Morgan fingerprint density at radius 1 is 1.48 bits per heavy atom. The molecule has 0 unspecified atom stereocenters. The van der Waals surface area contributed by atoms with E-state index < -0.39 is 17.5 Å². The molecular formula is C15H24N4O3S. The maximum Gasteiger partial charge on any atom is 0.407 e. The minimum atomic E-state index is -1.18. The first-order valence-electron chi connectivity index (χ1n) is 7.91. The zero-order chi connectivity index (χ0) is 16.8. The Morgan fingerprint density at radius 3 is 2.70 bits per heavy atom. The van der Waals surface area contributed by atoms with Gasteiger partial charge in [-0.2, -0.15) is 5.10 Å². The number of amides is 1. The number of fused-ring (bicyclic) bond motifs is 1. The van der Waals surface area contributed by atoms with Crippen LogP contribution in [-0.4, -0.2) is 48.3 Å². The molecule has 0 saturated carbocycles. The van der Waals surface area contributed by atoms with E-state index in [0.717, 1.165) is 25.1 Å². The summed E-state index contributed by atoms with van der Waals surface area (Å²) < 4.78 is 17.5. The number of likely N-dealkylation sites (tertiary alicyclic amines) is 1. The molecule has 0 bridgehead atoms. The standard InChI is InChI=1S/C15H24N4O3S/c1-14(2,3)23(22)17-12-11-4-7-16-19(11)10-15(12)5-8-18(9-6-15)13(20)21/h4,7,12,17H,5-6,8-10H2,1-3H3,(H,20,21)/t12-,23-/m1/s1. The molecule has 3 heterocycles. The average molecular weight is 340 g/mol. The van der Waals surface area contributed by atoms with E-state index in [0.29, 0.717) is 13.1 Å². The Kier molecular flexibility index (Phi) is 4.10. The van der Waals surface area contributed by atoms with E-state index in [4.69, 9.17) is 5.11 Å². The van der Waals surface area contributed by atoms with E-state index >= 15 is 0 Å². The molecule has 0 aliphatic carbocycles. The maximum absolute atomic E-state index is 12.6. The number of hydrogen-bond donors (Lipinski definition) is 2. The van der Waals surface area contributed by atoms with Gasteiger partial charge in [0.15, 0.2) is 0 Å². The van der Waals surface area contributed by atoms with Crippen molar-refractivity contribution in [2.75, 3.05) is 13.1 Å². The van der Waals surface area contributed by atoms with Gasteiger partial charge >= 0.3 is 6.09 Å². The smallest absolute Gasteiger partial charge is 0.407 e. The van der Waals surface area contributed by atoms with Gasteiger partial charge in [0.1, 0.15) is 10.8 Å². The quantitative estimate of drug-likeness (QED) is 0.800. The second-order valence-corrected chi connectivity index (χ2v) is 9.48. The summed E-state index contributed by atoms with van der Waals surface area (Å²) in [4.78, 5) is 12.6. The Labute approximate surface area is 139 Å². The van der Waals surface area contributed by atoms with Crippen molar-refractivity contribution in [3.05, 3.63) is 18.0 Å². The van der Waals surface area contributed by atoms with E-state index in [1.807, 2.05) is 31.5 Å². The third-order valence-corrected chi connectivity index (χ3v) is 6.50. The maximum atomic E-state index is 12.6. The minimum absolute atomic E-state index is 0.0546. The van der Waals surface area contributed by atoms with Gasteiger partial charge in [-0.05, 0) is 39.7 Å². The number of nitrogens with one attached hydrogen (secondary N) is 1. The average Bonchev–Trinajstić information content (AvgIpc) is 3.00. The fourth-order valence-electron chi connectivity index (χ4n) is 3.48. The van der Waals surface area contributed by atoms with E-state index in [-0.39, 0.29) is 16.2 Å². The van der Waals surface area contributed by atoms with Gasteiger partial charge in [0.2, 0.25) is 0 Å². The van der Waals surface area contributed by atoms with Crippen molar-refractivity contribution >= 4 is 17.5 Å². The molecule has 1 fully saturated rings. The third kappa shape index (κ3) is 2.95. The minimum Gasteiger partial charge on any atom is -0.598 e. The molecule has 2 aliphatic heterocycles. The number of hydrogen-bond acceptors (Lipinski definition) is 4. The zero-order valence-electron chi connectivity index (χ0n) is 13.8. The molecular weight excluding hydrogens is 316 g/mol. The summed E-state index contributed by atoms with van der Waals surface area (Å²) in [5, 5.41) is 13.5. The van der Waals surface area contributed by atoms with Gasteiger partial charge in [-0.1, -0.05) is 0 Å². The molecule has 23 heavy (non-hydrogen) atoms. The van der Waals surface area contributed by atoms with Crippen molar-refractivity contribution in [3.8, 4) is 0 Å². The number of aromatic nitrogens is 2. The highest BCUT2D eigenvalue weighted by atomic mass is 32.2. The first kappa shape index (κ1) is 16.6. The van der Waals surface area contributed by atoms with E-state index in [2.05, 4.69) is 9.82 Å². The second-order valence-electron chi connectivity index (χ2n) is 7.48. The monoisotopic (exact) mass is 340 g/mol. The van der Waals surface area contributed by atoms with Crippen LogP contribution in [0.25, 0.3) is 0 Å². The highest BCUT2D eigenvalue weighted by Crippen LogP contribution is 2.49. The van der Waals surface area contributed by atoms with Crippen LogP contribution in [0, 0.1) is 5.41 Å². The van der Waals surface area contributed by atoms with Crippen LogP contribution in [0.3, 0.4) is 0 Å². The molecule has 1 amide bonds. The molecule has 1 aromatic rings. The van der Waals surface area contributed by atoms with Crippen LogP contribution in [-0.2, 0) is 17.9 Å². The Balaban J connectivity index is 1.83. The van der Waals surface area contributed by atoms with Gasteiger partial charge in [-0.3, -0.25) is 4.68 Å². The fraction of sp³-hybridized carbons (Fsp3) is 0.733. The molecule has 1 aromatic heterocycles. The van der Waals surface area contributed by atoms with Crippen molar-refractivity contribution in [1.29, 1.82) is 0 Å². The van der Waals surface area contributed by atoms with Crippen molar-refractivity contribution in [2.45, 2.75) is 50.9 Å². The van der Waals surface area contributed by atoms with Crippen molar-refractivity contribution < 1.29 is 14.5 Å². The highest BCUT2D eigenvalue weighted by molar-refractivity contribution is 7.90. The molecule has 1 spiro atoms. The molecule has 128 valence electrons. The molecule has 0 aromatic carbocycles. The zero-order valence-corrected chi connectivity index (χ0v) is 14.6. The van der Waals surface area contributed by atoms with Crippen LogP contribution in [0.4, 0.5) is 4.79 Å². The summed E-state index contributed by atoms with van der Waals surface area (Å²) in [6.45, 7) is 7.62. The van der Waals surface area contributed by atoms with Crippen molar-refractivity contribution in [3.63, 3.8) is 0 Å². The topological polar surface area (TPSA) is 93.5 Å². The molecule has 8 heteroatoms. The van der Waals surface area contributed by atoms with Crippen molar-refractivity contribution in [1.82, 2.24) is 19.4 Å². The fourth-order valence-corrected chi connectivity index (χ4v) is 4.42. The summed E-state index contributed by atoms with van der Waals surface area (Å²) in [5.74, 6) is 0. The summed E-state index contributed by atoms with van der Waals surface area (Å²) in [7, 11) is 0. The Hall–Kier alpha value is -1.25. The largest absolute Gasteiger partial charge is 0.598 e. The lowest BCUT2D eigenvalue weighted by molar-refractivity contribution is 0.0701. The van der Waals surface area contributed by atoms with Crippen molar-refractivity contribution in [2.24, 2.45) is 5.41 Å². The number of nitrogens with zero attached hydrogens (tertiary/aromatic N) is 3. The van der Waals surface area contributed by atoms with Crippen LogP contribution in [0.2, 0.25) is 0 Å². The highest BCUT2D eigenvalue weighted by Gasteiger charge is 2.51. The Morgan fingerprint density at radius 2 is 2.13 bits per heavy atom. The number of piperidine rings is 1. The van der Waals surface area contributed by atoms with Crippen LogP contribution in [0.15, 0.2) is 12.3 Å². The van der Waals surface area contributed by atoms with Gasteiger partial charge in [0.25, 0.3) is 0 Å². The Bertz CT molecular complexity index is 590. The van der Waals surface area contributed by atoms with E-state index in [1.165, 1.54) is 4.90 Å². The lowest BCUT2D eigenvalue weighted by Crippen LogP contribution is -2.50. The summed E-state index contributed by atoms with van der Waals surface area (Å²) in [6.07, 6.45) is 2.41. The van der Waals surface area contributed by atoms with E-state index in [1.54, 1.807) is 6.20 Å². The number of carboxylic acid groups (broad SMARTS) is 1. The summed E-state index contributed by atoms with van der Waals surface area (Å²) in [6, 6.07) is 1.91. The molecule has 2 atom stereocenters. The SMILES string of the molecule is CC(C)(C)[S@@+]([O-])N[C@@H]1c2ccnn2CC12CCN(C(=O)O)CC2. The number of rotatable bonds is 2. The lowest BCUT2D eigenvalue weighted by Gasteiger charge is -2.42. The van der Waals surface area contributed by atoms with Gasteiger partial charge in [0.05, 0.1) is 5.69 Å². The molecule has 7 nitrogen and oxygen atoms in total. The molecule has 2 aliphatic rings. The van der Waals surface area contributed by atoms with Crippen LogP contribution in [0.5, 0.6) is 0 Å². The third-order valence-electron chi connectivity index (χ3n) is 4.93. The summed E-state index contributed by atoms with van der Waals surface area (Å²) >= 11 is -1.18. The number of carbonyl (C=O) groups is 1. The van der Waals surface area contributed by atoms with Gasteiger partial charge in [-0.15, -0.1) is 4.72 Å². The van der Waals surface area contributed by atoms with Gasteiger partial charge in [-0.25, -0.2) is 4.79 Å². The van der Waals surface area contributed by atoms with Gasteiger partial charge in [0, 0.05) is 42.6 Å². The molecule has 3 rings (SSSR count). The predicted molar refractivity (Wildman–Crippen MR) is 87.3 cm³/mol. The lowest BCUT2D eigenvalue weighted by atomic mass is 9.74. The first-order valence-corrected chi connectivity index (χ1v) is 9.06. The second kappa shape index (κ2) is 5.68. The predicted octanol–water partition coefficient (Wildman–Crippen LogP) is 1.75. The van der Waals surface area contributed by atoms with Gasteiger partial charge < -0.3 is 14.6 Å². The van der Waals surface area contributed by atoms with E-state index in [9.17, 15) is 9.35 Å². The normalized spacial score (nSPS) is 24.7. The molecule has 0 radical (unpaired) electrons. The van der Waals surface area contributed by atoms with Crippen LogP contribution < -0.4 is 4.72 Å². The van der Waals surface area contributed by atoms with Crippen LogP contribution in [0.1, 0.15) is 45.3 Å². The summed E-state index contributed by atoms with van der Waals surface area (Å²) in [5.41, 5.74) is 0.933. The first-order chi connectivity index (χ1) is 10.7. The molecule has 2 N–H and O–H groups in total. The van der Waals surface area contributed by atoms with Crippen LogP contribution >= 0.6 is 0 Å². The molecule has 1 saturated heterocycles.